The third-order valence-electron chi connectivity index (χ3n) is 3.92. The Morgan fingerprint density at radius 1 is 1.35 bits per heavy atom. The SMILES string of the molecule is C/C=C(\C)C(=O)NC[C@H]1Cc2cccc(-c3ncccn3)c2O1. The van der Waals surface area contributed by atoms with Crippen molar-refractivity contribution in [3.05, 3.63) is 53.9 Å². The molecule has 2 aromatic rings. The number of hydrogen-bond acceptors (Lipinski definition) is 4. The first-order chi connectivity index (χ1) is 11.2. The second-order valence-corrected chi connectivity index (χ2v) is 5.49. The van der Waals surface area contributed by atoms with E-state index in [1.54, 1.807) is 31.5 Å². The zero-order valence-corrected chi connectivity index (χ0v) is 13.2. The first-order valence-electron chi connectivity index (χ1n) is 7.66. The predicted octanol–water partition coefficient (Wildman–Crippen LogP) is 2.53. The molecule has 1 atom stereocenters. The van der Waals surface area contributed by atoms with Crippen LogP contribution >= 0.6 is 0 Å². The van der Waals surface area contributed by atoms with Gasteiger partial charge in [-0.05, 0) is 31.5 Å². The maximum atomic E-state index is 11.8. The van der Waals surface area contributed by atoms with Crippen LogP contribution in [0.5, 0.6) is 5.75 Å². The fourth-order valence-corrected chi connectivity index (χ4v) is 2.54. The van der Waals surface area contributed by atoms with Crippen molar-refractivity contribution in [1.29, 1.82) is 0 Å². The molecule has 0 bridgehead atoms. The van der Waals surface area contributed by atoms with Crippen LogP contribution in [-0.2, 0) is 11.2 Å². The van der Waals surface area contributed by atoms with Gasteiger partial charge in [0.1, 0.15) is 11.9 Å². The van der Waals surface area contributed by atoms with Crippen LogP contribution in [0.15, 0.2) is 48.3 Å². The van der Waals surface area contributed by atoms with E-state index in [0.717, 1.165) is 23.3 Å². The largest absolute Gasteiger partial charge is 0.487 e. The van der Waals surface area contributed by atoms with Crippen LogP contribution in [0.3, 0.4) is 0 Å². The van der Waals surface area contributed by atoms with Gasteiger partial charge in [0.15, 0.2) is 5.82 Å². The van der Waals surface area contributed by atoms with Crippen molar-refractivity contribution in [2.24, 2.45) is 0 Å². The van der Waals surface area contributed by atoms with Crippen LogP contribution in [0.1, 0.15) is 19.4 Å². The molecule has 5 nitrogen and oxygen atoms in total. The molecule has 0 aliphatic carbocycles. The molecule has 2 heterocycles. The number of aromatic nitrogens is 2. The van der Waals surface area contributed by atoms with E-state index in [0.29, 0.717) is 17.9 Å². The van der Waals surface area contributed by atoms with Gasteiger partial charge >= 0.3 is 0 Å². The Kier molecular flexibility index (Phi) is 4.37. The molecule has 1 aliphatic heterocycles. The number of benzene rings is 1. The van der Waals surface area contributed by atoms with Gasteiger partial charge in [0, 0.05) is 24.4 Å². The van der Waals surface area contributed by atoms with Crippen molar-refractivity contribution in [1.82, 2.24) is 15.3 Å². The fourth-order valence-electron chi connectivity index (χ4n) is 2.54. The minimum Gasteiger partial charge on any atom is -0.487 e. The number of ether oxygens (including phenoxy) is 1. The highest BCUT2D eigenvalue weighted by atomic mass is 16.5. The number of carbonyl (C=O) groups is 1. The number of nitrogens with one attached hydrogen (secondary N) is 1. The number of allylic oxidation sites excluding steroid dienone is 1. The van der Waals surface area contributed by atoms with Gasteiger partial charge in [-0.3, -0.25) is 4.79 Å². The van der Waals surface area contributed by atoms with Gasteiger partial charge in [-0.15, -0.1) is 0 Å². The number of carbonyl (C=O) groups excluding carboxylic acids is 1. The molecule has 0 saturated carbocycles. The summed E-state index contributed by atoms with van der Waals surface area (Å²) in [4.78, 5) is 20.4. The van der Waals surface area contributed by atoms with Gasteiger partial charge in [-0.1, -0.05) is 18.2 Å². The number of nitrogens with zero attached hydrogens (tertiary/aromatic N) is 2. The number of fused-ring (bicyclic) bond motifs is 1. The van der Waals surface area contributed by atoms with Crippen LogP contribution in [0, 0.1) is 0 Å². The van der Waals surface area contributed by atoms with E-state index in [9.17, 15) is 4.79 Å². The van der Waals surface area contributed by atoms with Gasteiger partial charge in [-0.2, -0.15) is 0 Å². The van der Waals surface area contributed by atoms with E-state index in [4.69, 9.17) is 4.74 Å². The van der Waals surface area contributed by atoms with E-state index in [2.05, 4.69) is 15.3 Å². The summed E-state index contributed by atoms with van der Waals surface area (Å²) in [6.45, 7) is 4.13. The summed E-state index contributed by atoms with van der Waals surface area (Å²) in [5.41, 5.74) is 2.72. The summed E-state index contributed by atoms with van der Waals surface area (Å²) >= 11 is 0. The molecule has 3 rings (SSSR count). The maximum Gasteiger partial charge on any atom is 0.246 e. The van der Waals surface area contributed by atoms with Gasteiger partial charge < -0.3 is 10.1 Å². The lowest BCUT2D eigenvalue weighted by Crippen LogP contribution is -2.34. The average Bonchev–Trinajstić information content (AvgIpc) is 3.02. The summed E-state index contributed by atoms with van der Waals surface area (Å²) < 4.78 is 6.04. The normalized spacial score (nSPS) is 16.6. The molecule has 1 aromatic heterocycles. The lowest BCUT2D eigenvalue weighted by molar-refractivity contribution is -0.117. The molecular weight excluding hydrogens is 290 g/mol. The quantitative estimate of drug-likeness (QED) is 0.882. The van der Waals surface area contributed by atoms with Gasteiger partial charge in [0.2, 0.25) is 5.91 Å². The second-order valence-electron chi connectivity index (χ2n) is 5.49. The molecule has 118 valence electrons. The molecule has 0 radical (unpaired) electrons. The van der Waals surface area contributed by atoms with E-state index in [1.807, 2.05) is 25.1 Å². The Hall–Kier alpha value is -2.69. The Morgan fingerprint density at radius 2 is 2.13 bits per heavy atom. The summed E-state index contributed by atoms with van der Waals surface area (Å²) in [6.07, 6.45) is 5.93. The van der Waals surface area contributed by atoms with Crippen LogP contribution < -0.4 is 10.1 Å². The first kappa shape index (κ1) is 15.2. The van der Waals surface area contributed by atoms with Crippen LogP contribution in [0.4, 0.5) is 0 Å². The second kappa shape index (κ2) is 6.60. The standard InChI is InChI=1S/C18H19N3O2/c1-3-12(2)18(22)21-11-14-10-13-6-4-7-15(16(13)23-14)17-19-8-5-9-20-17/h3-9,14H,10-11H2,1-2H3,(H,21,22)/b12-3+/t14-/m1/s1. The highest BCUT2D eigenvalue weighted by Crippen LogP contribution is 2.37. The zero-order valence-electron chi connectivity index (χ0n) is 13.2. The van der Waals surface area contributed by atoms with Crippen molar-refractivity contribution >= 4 is 5.91 Å². The van der Waals surface area contributed by atoms with Gasteiger partial charge in [-0.25, -0.2) is 9.97 Å². The third kappa shape index (κ3) is 3.23. The monoisotopic (exact) mass is 309 g/mol. The Morgan fingerprint density at radius 3 is 2.87 bits per heavy atom. The molecule has 1 aromatic carbocycles. The highest BCUT2D eigenvalue weighted by molar-refractivity contribution is 5.92. The molecule has 5 heteroatoms. The average molecular weight is 309 g/mol. The number of para-hydroxylation sites is 1. The lowest BCUT2D eigenvalue weighted by atomic mass is 10.1. The van der Waals surface area contributed by atoms with Crippen molar-refractivity contribution in [3.8, 4) is 17.1 Å². The Balaban J connectivity index is 1.73. The van der Waals surface area contributed by atoms with E-state index in [-0.39, 0.29) is 12.0 Å². The number of hydrogen-bond donors (Lipinski definition) is 1. The highest BCUT2D eigenvalue weighted by Gasteiger charge is 2.26. The van der Waals surface area contributed by atoms with Crippen molar-refractivity contribution in [2.75, 3.05) is 6.54 Å². The van der Waals surface area contributed by atoms with Crippen molar-refractivity contribution in [3.63, 3.8) is 0 Å². The molecule has 0 fully saturated rings. The predicted molar refractivity (Wildman–Crippen MR) is 88.0 cm³/mol. The maximum absolute atomic E-state index is 11.8. The summed E-state index contributed by atoms with van der Waals surface area (Å²) in [6, 6.07) is 7.77. The molecule has 1 N–H and O–H groups in total. The summed E-state index contributed by atoms with van der Waals surface area (Å²) in [5, 5.41) is 2.91. The molecule has 0 spiro atoms. The number of rotatable bonds is 4. The van der Waals surface area contributed by atoms with E-state index in [1.165, 1.54) is 0 Å². The molecule has 0 unspecified atom stereocenters. The molecule has 1 aliphatic rings. The van der Waals surface area contributed by atoms with E-state index >= 15 is 0 Å². The molecule has 1 amide bonds. The minimum atomic E-state index is -0.0662. The Bertz CT molecular complexity index is 741. The topological polar surface area (TPSA) is 64.1 Å². The molecule has 23 heavy (non-hydrogen) atoms. The Labute approximate surface area is 135 Å². The van der Waals surface area contributed by atoms with Gasteiger partial charge in [0.05, 0.1) is 12.1 Å². The van der Waals surface area contributed by atoms with Gasteiger partial charge in [0.25, 0.3) is 0 Å². The first-order valence-corrected chi connectivity index (χ1v) is 7.66. The van der Waals surface area contributed by atoms with Crippen molar-refractivity contribution in [2.45, 2.75) is 26.4 Å². The van der Waals surface area contributed by atoms with E-state index < -0.39 is 0 Å². The third-order valence-corrected chi connectivity index (χ3v) is 3.92. The fraction of sp³-hybridized carbons (Fsp3) is 0.278. The lowest BCUT2D eigenvalue weighted by Gasteiger charge is -2.13. The van der Waals surface area contributed by atoms with Crippen LogP contribution in [0.25, 0.3) is 11.4 Å². The summed E-state index contributed by atoms with van der Waals surface area (Å²) in [5.74, 6) is 1.41. The van der Waals surface area contributed by atoms with Crippen molar-refractivity contribution < 1.29 is 9.53 Å². The smallest absolute Gasteiger partial charge is 0.246 e. The summed E-state index contributed by atoms with van der Waals surface area (Å²) in [7, 11) is 0. The minimum absolute atomic E-state index is 0.0568. The van der Waals surface area contributed by atoms with Crippen LogP contribution in [-0.4, -0.2) is 28.5 Å². The number of amides is 1. The molecule has 0 saturated heterocycles. The zero-order chi connectivity index (χ0) is 16.2. The molecular formula is C18H19N3O2. The van der Waals surface area contributed by atoms with Crippen LogP contribution in [0.2, 0.25) is 0 Å².